The number of rotatable bonds is 4. The second-order valence-electron chi connectivity index (χ2n) is 5.10. The molecule has 1 atom stereocenters. The lowest BCUT2D eigenvalue weighted by Crippen LogP contribution is -2.45. The summed E-state index contributed by atoms with van der Waals surface area (Å²) in [7, 11) is 3.70. The summed E-state index contributed by atoms with van der Waals surface area (Å²) >= 11 is 0. The largest absolute Gasteiger partial charge is 0.369 e. The molecule has 1 unspecified atom stereocenters. The Hall–Kier alpha value is -2.43. The van der Waals surface area contributed by atoms with Crippen LogP contribution in [0.25, 0.3) is 0 Å². The minimum absolute atomic E-state index is 0.222. The quantitative estimate of drug-likeness (QED) is 0.631. The van der Waals surface area contributed by atoms with Crippen LogP contribution in [-0.2, 0) is 9.53 Å². The molecule has 0 saturated carbocycles. The van der Waals surface area contributed by atoms with Crippen LogP contribution in [0.2, 0.25) is 0 Å². The van der Waals surface area contributed by atoms with Gasteiger partial charge in [0.1, 0.15) is 12.2 Å². The van der Waals surface area contributed by atoms with Crippen molar-refractivity contribution in [3.8, 4) is 6.07 Å². The fourth-order valence-corrected chi connectivity index (χ4v) is 1.95. The van der Waals surface area contributed by atoms with Crippen molar-refractivity contribution >= 4 is 23.6 Å². The van der Waals surface area contributed by atoms with Gasteiger partial charge in [-0.25, -0.2) is 4.99 Å². The van der Waals surface area contributed by atoms with E-state index in [-0.39, 0.29) is 5.91 Å². The molecular formula is C15H19N5O2. The first-order chi connectivity index (χ1) is 10.6. The number of nitrogens with one attached hydrogen (secondary N) is 2. The Morgan fingerprint density at radius 1 is 1.59 bits per heavy atom. The molecule has 1 aromatic rings. The zero-order valence-electron chi connectivity index (χ0n) is 12.7. The normalized spacial score (nSPS) is 18.0. The summed E-state index contributed by atoms with van der Waals surface area (Å²) in [5.74, 6) is -0.222. The van der Waals surface area contributed by atoms with Crippen molar-refractivity contribution in [3.63, 3.8) is 0 Å². The van der Waals surface area contributed by atoms with Crippen LogP contribution in [-0.4, -0.2) is 57.0 Å². The number of amides is 1. The first-order valence-electron chi connectivity index (χ1n) is 6.98. The van der Waals surface area contributed by atoms with Crippen molar-refractivity contribution in [1.82, 2.24) is 10.2 Å². The van der Waals surface area contributed by atoms with Gasteiger partial charge in [-0.15, -0.1) is 0 Å². The minimum Gasteiger partial charge on any atom is -0.369 e. The molecule has 1 heterocycles. The number of morpholine rings is 1. The maximum Gasteiger partial charge on any atom is 0.254 e. The van der Waals surface area contributed by atoms with Crippen molar-refractivity contribution in [2.45, 2.75) is 6.10 Å². The zero-order chi connectivity index (χ0) is 15.9. The highest BCUT2D eigenvalue weighted by molar-refractivity contribution is 5.94. The van der Waals surface area contributed by atoms with Crippen LogP contribution in [0.3, 0.4) is 0 Å². The van der Waals surface area contributed by atoms with Gasteiger partial charge in [0.25, 0.3) is 5.91 Å². The SMILES string of the molecule is CN(C)C=Nc1ccc(NC(=O)C2CNCCO2)cc1C#N. The molecular weight excluding hydrogens is 282 g/mol. The van der Waals surface area contributed by atoms with Crippen LogP contribution in [0.4, 0.5) is 11.4 Å². The number of carbonyl (C=O) groups excluding carboxylic acids is 1. The van der Waals surface area contributed by atoms with Gasteiger partial charge in [-0.3, -0.25) is 4.79 Å². The Labute approximate surface area is 129 Å². The minimum atomic E-state index is -0.509. The monoisotopic (exact) mass is 301 g/mol. The van der Waals surface area contributed by atoms with Crippen LogP contribution in [0.15, 0.2) is 23.2 Å². The van der Waals surface area contributed by atoms with E-state index in [2.05, 4.69) is 21.7 Å². The molecule has 0 radical (unpaired) electrons. The lowest BCUT2D eigenvalue weighted by atomic mass is 10.1. The third-order valence-corrected chi connectivity index (χ3v) is 3.03. The number of carbonyl (C=O) groups is 1. The molecule has 0 bridgehead atoms. The van der Waals surface area contributed by atoms with Crippen LogP contribution >= 0.6 is 0 Å². The van der Waals surface area contributed by atoms with Gasteiger partial charge >= 0.3 is 0 Å². The van der Waals surface area contributed by atoms with Crippen LogP contribution in [0, 0.1) is 11.3 Å². The van der Waals surface area contributed by atoms with E-state index in [1.165, 1.54) is 0 Å². The molecule has 2 N–H and O–H groups in total. The number of benzene rings is 1. The number of ether oxygens (including phenoxy) is 1. The predicted octanol–water partition coefficient (Wildman–Crippen LogP) is 0.707. The van der Waals surface area contributed by atoms with Gasteiger partial charge < -0.3 is 20.3 Å². The molecule has 0 aliphatic carbocycles. The summed E-state index contributed by atoms with van der Waals surface area (Å²) in [5, 5.41) is 15.1. The van der Waals surface area contributed by atoms with Gasteiger partial charge in [-0.2, -0.15) is 5.26 Å². The first-order valence-corrected chi connectivity index (χ1v) is 6.98. The molecule has 7 nitrogen and oxygen atoms in total. The maximum atomic E-state index is 12.1. The van der Waals surface area contributed by atoms with E-state index in [0.29, 0.717) is 30.1 Å². The third kappa shape index (κ3) is 4.28. The Balaban J connectivity index is 2.09. The van der Waals surface area contributed by atoms with Gasteiger partial charge in [0.2, 0.25) is 0 Å². The summed E-state index contributed by atoms with van der Waals surface area (Å²) < 4.78 is 5.39. The van der Waals surface area contributed by atoms with Crippen LogP contribution in [0.5, 0.6) is 0 Å². The summed E-state index contributed by atoms with van der Waals surface area (Å²) in [6.45, 7) is 1.75. The van der Waals surface area contributed by atoms with Crippen molar-refractivity contribution in [2.24, 2.45) is 4.99 Å². The summed E-state index contributed by atoms with van der Waals surface area (Å²) in [6, 6.07) is 7.12. The number of nitrogens with zero attached hydrogens (tertiary/aromatic N) is 3. The first kappa shape index (κ1) is 15.9. The average Bonchev–Trinajstić information content (AvgIpc) is 2.54. The molecule has 1 aromatic carbocycles. The van der Waals surface area contributed by atoms with E-state index < -0.39 is 6.10 Å². The highest BCUT2D eigenvalue weighted by Crippen LogP contribution is 2.22. The molecule has 7 heteroatoms. The molecule has 1 saturated heterocycles. The van der Waals surface area contributed by atoms with E-state index in [1.54, 1.807) is 29.4 Å². The fourth-order valence-electron chi connectivity index (χ4n) is 1.95. The van der Waals surface area contributed by atoms with E-state index in [1.807, 2.05) is 14.1 Å². The molecule has 1 fully saturated rings. The van der Waals surface area contributed by atoms with Crippen molar-refractivity contribution in [2.75, 3.05) is 39.1 Å². The second-order valence-corrected chi connectivity index (χ2v) is 5.10. The molecule has 0 aromatic heterocycles. The number of aliphatic imine (C=N–C) groups is 1. The molecule has 1 amide bonds. The lowest BCUT2D eigenvalue weighted by molar-refractivity contribution is -0.128. The molecule has 116 valence electrons. The second kappa shape index (κ2) is 7.54. The number of hydrogen-bond donors (Lipinski definition) is 2. The predicted molar refractivity (Wildman–Crippen MR) is 84.2 cm³/mol. The Bertz CT molecular complexity index is 600. The molecule has 22 heavy (non-hydrogen) atoms. The topological polar surface area (TPSA) is 89.8 Å². The van der Waals surface area contributed by atoms with E-state index in [4.69, 9.17) is 4.74 Å². The summed E-state index contributed by atoms with van der Waals surface area (Å²) in [4.78, 5) is 18.1. The maximum absolute atomic E-state index is 12.1. The average molecular weight is 301 g/mol. The number of hydrogen-bond acceptors (Lipinski definition) is 5. The molecule has 1 aliphatic heterocycles. The van der Waals surface area contributed by atoms with Crippen molar-refractivity contribution in [3.05, 3.63) is 23.8 Å². The standard InChI is InChI=1S/C15H19N5O2/c1-20(2)10-18-13-4-3-12(7-11(13)8-16)19-15(21)14-9-17-5-6-22-14/h3-4,7,10,14,17H,5-6,9H2,1-2H3,(H,19,21). The van der Waals surface area contributed by atoms with Crippen molar-refractivity contribution in [1.29, 1.82) is 5.26 Å². The molecule has 2 rings (SSSR count). The zero-order valence-corrected chi connectivity index (χ0v) is 12.7. The fraction of sp³-hybridized carbons (Fsp3) is 0.400. The highest BCUT2D eigenvalue weighted by Gasteiger charge is 2.21. The lowest BCUT2D eigenvalue weighted by Gasteiger charge is -2.22. The smallest absolute Gasteiger partial charge is 0.254 e. The van der Waals surface area contributed by atoms with Gasteiger partial charge in [0.15, 0.2) is 0 Å². The Morgan fingerprint density at radius 3 is 3.05 bits per heavy atom. The van der Waals surface area contributed by atoms with Crippen LogP contribution < -0.4 is 10.6 Å². The summed E-state index contributed by atoms with van der Waals surface area (Å²) in [5.41, 5.74) is 1.52. The van der Waals surface area contributed by atoms with E-state index in [9.17, 15) is 10.1 Å². The summed E-state index contributed by atoms with van der Waals surface area (Å²) in [6.07, 6.45) is 1.11. The van der Waals surface area contributed by atoms with Crippen LogP contribution in [0.1, 0.15) is 5.56 Å². The Kier molecular flexibility index (Phi) is 5.47. The highest BCUT2D eigenvalue weighted by atomic mass is 16.5. The molecule has 1 aliphatic rings. The van der Waals surface area contributed by atoms with Gasteiger partial charge in [-0.1, -0.05) is 0 Å². The van der Waals surface area contributed by atoms with Gasteiger partial charge in [-0.05, 0) is 18.2 Å². The van der Waals surface area contributed by atoms with E-state index >= 15 is 0 Å². The van der Waals surface area contributed by atoms with Gasteiger partial charge in [0, 0.05) is 32.9 Å². The molecule has 0 spiro atoms. The van der Waals surface area contributed by atoms with E-state index in [0.717, 1.165) is 6.54 Å². The Morgan fingerprint density at radius 2 is 2.41 bits per heavy atom. The number of nitriles is 1. The third-order valence-electron chi connectivity index (χ3n) is 3.03. The van der Waals surface area contributed by atoms with Gasteiger partial charge in [0.05, 0.1) is 24.2 Å². The number of anilines is 1. The van der Waals surface area contributed by atoms with Crippen molar-refractivity contribution < 1.29 is 9.53 Å².